The molecule has 6 heteroatoms. The molecule has 0 aliphatic heterocycles. The molecule has 0 aliphatic carbocycles. The fraction of sp³-hybridized carbons (Fsp3) is 0.353. The van der Waals surface area contributed by atoms with Gasteiger partial charge in [-0.05, 0) is 55.3 Å². The van der Waals surface area contributed by atoms with Crippen molar-refractivity contribution in [2.24, 2.45) is 5.73 Å². The largest absolute Gasteiger partial charge is 0.497 e. The number of halogens is 1. The maximum Gasteiger partial charge on any atom is 0.220 e. The molecule has 0 saturated carbocycles. The van der Waals surface area contributed by atoms with E-state index in [1.54, 1.807) is 18.4 Å². The van der Waals surface area contributed by atoms with E-state index in [1.807, 2.05) is 31.2 Å². The SMILES string of the molecule is COc1ccc(-c2ccc(CNC(=O)CCC(C)N)s2)cc1.Cl. The topological polar surface area (TPSA) is 64.3 Å². The van der Waals surface area contributed by atoms with Crippen LogP contribution in [-0.4, -0.2) is 19.1 Å². The Balaban J connectivity index is 0.00000264. The summed E-state index contributed by atoms with van der Waals surface area (Å²) in [5.41, 5.74) is 6.80. The molecule has 23 heavy (non-hydrogen) atoms. The molecule has 4 nitrogen and oxygen atoms in total. The summed E-state index contributed by atoms with van der Waals surface area (Å²) in [6.45, 7) is 2.48. The number of hydrogen-bond donors (Lipinski definition) is 2. The van der Waals surface area contributed by atoms with Gasteiger partial charge in [-0.3, -0.25) is 4.79 Å². The first-order chi connectivity index (χ1) is 10.6. The van der Waals surface area contributed by atoms with Gasteiger partial charge in [-0.1, -0.05) is 0 Å². The fourth-order valence-corrected chi connectivity index (χ4v) is 2.97. The lowest BCUT2D eigenvalue weighted by Gasteiger charge is -2.05. The maximum absolute atomic E-state index is 11.7. The van der Waals surface area contributed by atoms with Crippen molar-refractivity contribution in [2.75, 3.05) is 7.11 Å². The van der Waals surface area contributed by atoms with Crippen molar-refractivity contribution < 1.29 is 9.53 Å². The Morgan fingerprint density at radius 1 is 1.26 bits per heavy atom. The van der Waals surface area contributed by atoms with Gasteiger partial charge in [-0.2, -0.15) is 0 Å². The Morgan fingerprint density at radius 2 is 1.96 bits per heavy atom. The summed E-state index contributed by atoms with van der Waals surface area (Å²) in [6, 6.07) is 12.2. The molecule has 2 aromatic rings. The average molecular weight is 355 g/mol. The molecule has 1 atom stereocenters. The molecular formula is C17H23ClN2O2S. The van der Waals surface area contributed by atoms with Crippen molar-refractivity contribution in [3.63, 3.8) is 0 Å². The van der Waals surface area contributed by atoms with E-state index in [0.29, 0.717) is 19.4 Å². The van der Waals surface area contributed by atoms with Gasteiger partial charge in [-0.15, -0.1) is 23.7 Å². The standard InChI is InChI=1S/C17H22N2O2S.ClH/c1-12(18)3-10-17(20)19-11-15-8-9-16(22-15)13-4-6-14(21-2)7-5-13;/h4-9,12H,3,10-11,18H2,1-2H3,(H,19,20);1H. The first-order valence-corrected chi connectivity index (χ1v) is 8.15. The van der Waals surface area contributed by atoms with Crippen LogP contribution in [0.2, 0.25) is 0 Å². The molecule has 0 spiro atoms. The molecule has 1 heterocycles. The summed E-state index contributed by atoms with van der Waals surface area (Å²) in [5, 5.41) is 2.93. The lowest BCUT2D eigenvalue weighted by atomic mass is 10.2. The Morgan fingerprint density at radius 3 is 2.57 bits per heavy atom. The number of nitrogens with two attached hydrogens (primary N) is 1. The second-order valence-electron chi connectivity index (χ2n) is 5.29. The third kappa shape index (κ3) is 6.22. The van der Waals surface area contributed by atoms with Crippen LogP contribution in [0.25, 0.3) is 10.4 Å². The summed E-state index contributed by atoms with van der Waals surface area (Å²) < 4.78 is 5.16. The Labute approximate surface area is 147 Å². The van der Waals surface area contributed by atoms with Crippen molar-refractivity contribution in [1.29, 1.82) is 0 Å². The van der Waals surface area contributed by atoms with Gasteiger partial charge in [-0.25, -0.2) is 0 Å². The number of carbonyl (C=O) groups is 1. The van der Waals surface area contributed by atoms with Crippen molar-refractivity contribution in [3.05, 3.63) is 41.3 Å². The highest BCUT2D eigenvalue weighted by molar-refractivity contribution is 7.15. The van der Waals surface area contributed by atoms with Crippen LogP contribution in [0.4, 0.5) is 0 Å². The van der Waals surface area contributed by atoms with E-state index in [0.717, 1.165) is 16.2 Å². The first kappa shape index (κ1) is 19.5. The highest BCUT2D eigenvalue weighted by Crippen LogP contribution is 2.29. The van der Waals surface area contributed by atoms with Gasteiger partial charge in [0, 0.05) is 22.2 Å². The number of methoxy groups -OCH3 is 1. The molecule has 3 N–H and O–H groups in total. The number of nitrogens with one attached hydrogen (secondary N) is 1. The quantitative estimate of drug-likeness (QED) is 0.798. The number of benzene rings is 1. The average Bonchev–Trinajstić information content (AvgIpc) is 3.00. The molecule has 0 fully saturated rings. The molecule has 0 aliphatic rings. The van der Waals surface area contributed by atoms with E-state index in [1.165, 1.54) is 4.88 Å². The number of carbonyl (C=O) groups excluding carboxylic acids is 1. The van der Waals surface area contributed by atoms with Crippen LogP contribution >= 0.6 is 23.7 Å². The van der Waals surface area contributed by atoms with E-state index < -0.39 is 0 Å². The minimum Gasteiger partial charge on any atom is -0.497 e. The van der Waals surface area contributed by atoms with Crippen molar-refractivity contribution in [2.45, 2.75) is 32.4 Å². The zero-order chi connectivity index (χ0) is 15.9. The molecule has 1 aromatic heterocycles. The van der Waals surface area contributed by atoms with Gasteiger partial charge in [0.25, 0.3) is 0 Å². The van der Waals surface area contributed by atoms with Gasteiger partial charge in [0.15, 0.2) is 0 Å². The highest BCUT2D eigenvalue weighted by Gasteiger charge is 2.06. The number of thiophene rings is 1. The van der Waals surface area contributed by atoms with Crippen LogP contribution in [0.15, 0.2) is 36.4 Å². The molecule has 1 unspecified atom stereocenters. The second kappa shape index (κ2) is 9.55. The van der Waals surface area contributed by atoms with Gasteiger partial charge in [0.1, 0.15) is 5.75 Å². The molecule has 1 aromatic carbocycles. The molecule has 126 valence electrons. The summed E-state index contributed by atoms with van der Waals surface area (Å²) >= 11 is 1.69. The van der Waals surface area contributed by atoms with Crippen molar-refractivity contribution in [3.8, 4) is 16.2 Å². The monoisotopic (exact) mass is 354 g/mol. The fourth-order valence-electron chi connectivity index (χ4n) is 2.02. The van der Waals surface area contributed by atoms with Crippen LogP contribution in [0, 0.1) is 0 Å². The van der Waals surface area contributed by atoms with Crippen LogP contribution in [0.5, 0.6) is 5.75 Å². The van der Waals surface area contributed by atoms with Crippen LogP contribution in [-0.2, 0) is 11.3 Å². The normalized spacial score (nSPS) is 11.4. The zero-order valence-corrected chi connectivity index (χ0v) is 15.0. The Bertz CT molecular complexity index is 611. The minimum atomic E-state index is 0. The van der Waals surface area contributed by atoms with Crippen LogP contribution in [0.3, 0.4) is 0 Å². The van der Waals surface area contributed by atoms with Crippen LogP contribution in [0.1, 0.15) is 24.6 Å². The van der Waals surface area contributed by atoms with Crippen molar-refractivity contribution in [1.82, 2.24) is 5.32 Å². The first-order valence-electron chi connectivity index (χ1n) is 7.34. The predicted molar refractivity (Wildman–Crippen MR) is 98.3 cm³/mol. The summed E-state index contributed by atoms with van der Waals surface area (Å²) in [5.74, 6) is 0.902. The molecule has 0 radical (unpaired) electrons. The van der Waals surface area contributed by atoms with Gasteiger partial charge < -0.3 is 15.8 Å². The maximum atomic E-state index is 11.7. The lowest BCUT2D eigenvalue weighted by molar-refractivity contribution is -0.121. The summed E-state index contributed by atoms with van der Waals surface area (Å²) in [7, 11) is 1.66. The molecule has 0 saturated heterocycles. The number of hydrogen-bond acceptors (Lipinski definition) is 4. The van der Waals surface area contributed by atoms with Crippen LogP contribution < -0.4 is 15.8 Å². The molecule has 0 bridgehead atoms. The molecular weight excluding hydrogens is 332 g/mol. The second-order valence-corrected chi connectivity index (χ2v) is 6.46. The highest BCUT2D eigenvalue weighted by atomic mass is 35.5. The van der Waals surface area contributed by atoms with E-state index in [4.69, 9.17) is 10.5 Å². The van der Waals surface area contributed by atoms with E-state index in [-0.39, 0.29) is 24.4 Å². The van der Waals surface area contributed by atoms with Gasteiger partial charge in [0.05, 0.1) is 13.7 Å². The van der Waals surface area contributed by atoms with E-state index in [2.05, 4.69) is 17.4 Å². The predicted octanol–water partition coefficient (Wildman–Crippen LogP) is 3.59. The number of amides is 1. The third-order valence-electron chi connectivity index (χ3n) is 3.32. The number of rotatable bonds is 7. The minimum absolute atomic E-state index is 0. The van der Waals surface area contributed by atoms with E-state index >= 15 is 0 Å². The number of ether oxygens (including phenoxy) is 1. The Kier molecular flexibility index (Phi) is 8.09. The summed E-state index contributed by atoms with van der Waals surface area (Å²) in [6.07, 6.45) is 1.20. The van der Waals surface area contributed by atoms with Gasteiger partial charge >= 0.3 is 0 Å². The zero-order valence-electron chi connectivity index (χ0n) is 13.4. The lowest BCUT2D eigenvalue weighted by Crippen LogP contribution is -2.25. The third-order valence-corrected chi connectivity index (χ3v) is 4.46. The smallest absolute Gasteiger partial charge is 0.220 e. The molecule has 2 rings (SSSR count). The summed E-state index contributed by atoms with van der Waals surface area (Å²) in [4.78, 5) is 14.0. The van der Waals surface area contributed by atoms with E-state index in [9.17, 15) is 4.79 Å². The van der Waals surface area contributed by atoms with Gasteiger partial charge in [0.2, 0.25) is 5.91 Å². The van der Waals surface area contributed by atoms with Crippen molar-refractivity contribution >= 4 is 29.7 Å². The Hall–Kier alpha value is -1.56. The molecule has 1 amide bonds.